The average molecular weight is 338 g/mol. The van der Waals surface area contributed by atoms with Gasteiger partial charge in [-0.25, -0.2) is 4.39 Å². The molecular formula is C17H23FN2O4. The van der Waals surface area contributed by atoms with E-state index in [2.05, 4.69) is 10.6 Å². The molecule has 0 aromatic heterocycles. The number of ether oxygens (including phenoxy) is 2. The Hall–Kier alpha value is -1.99. The summed E-state index contributed by atoms with van der Waals surface area (Å²) in [5.74, 6) is -0.808. The maximum absolute atomic E-state index is 12.8. The number of amides is 2. The van der Waals surface area contributed by atoms with Gasteiger partial charge in [0.1, 0.15) is 5.82 Å². The minimum atomic E-state index is -0.417. The third-order valence-corrected chi connectivity index (χ3v) is 4.04. The van der Waals surface area contributed by atoms with E-state index in [1.165, 1.54) is 24.3 Å². The zero-order valence-electron chi connectivity index (χ0n) is 13.7. The number of hydrogen-bond donors (Lipinski definition) is 2. The van der Waals surface area contributed by atoms with Crippen molar-refractivity contribution in [1.82, 2.24) is 10.6 Å². The van der Waals surface area contributed by atoms with Crippen molar-refractivity contribution < 1.29 is 23.5 Å². The summed E-state index contributed by atoms with van der Waals surface area (Å²) in [6.45, 7) is 1.64. The molecule has 0 radical (unpaired) electrons. The van der Waals surface area contributed by atoms with E-state index in [1.54, 1.807) is 7.11 Å². The van der Waals surface area contributed by atoms with Gasteiger partial charge in [0.25, 0.3) is 5.91 Å². The number of hydrogen-bond acceptors (Lipinski definition) is 4. The predicted molar refractivity (Wildman–Crippen MR) is 86.1 cm³/mol. The minimum Gasteiger partial charge on any atom is -0.383 e. The van der Waals surface area contributed by atoms with Gasteiger partial charge in [-0.2, -0.15) is 0 Å². The van der Waals surface area contributed by atoms with Crippen LogP contribution in [0.2, 0.25) is 0 Å². The van der Waals surface area contributed by atoms with Crippen LogP contribution < -0.4 is 10.6 Å². The van der Waals surface area contributed by atoms with Gasteiger partial charge >= 0.3 is 0 Å². The minimum absolute atomic E-state index is 0.103. The molecule has 7 heteroatoms. The van der Waals surface area contributed by atoms with Gasteiger partial charge in [0.2, 0.25) is 5.91 Å². The fraction of sp³-hybridized carbons (Fsp3) is 0.529. The summed E-state index contributed by atoms with van der Waals surface area (Å²) < 4.78 is 23.4. The molecule has 2 N–H and O–H groups in total. The third-order valence-electron chi connectivity index (χ3n) is 4.04. The summed E-state index contributed by atoms with van der Waals surface area (Å²) >= 11 is 0. The van der Waals surface area contributed by atoms with Crippen molar-refractivity contribution in [3.63, 3.8) is 0 Å². The summed E-state index contributed by atoms with van der Waals surface area (Å²) in [5, 5.41) is 5.44. The molecule has 132 valence electrons. The lowest BCUT2D eigenvalue weighted by molar-refractivity contribution is -0.122. The fourth-order valence-electron chi connectivity index (χ4n) is 2.72. The largest absolute Gasteiger partial charge is 0.383 e. The molecule has 1 aromatic carbocycles. The lowest BCUT2D eigenvalue weighted by Gasteiger charge is -2.30. The van der Waals surface area contributed by atoms with Gasteiger partial charge in [-0.15, -0.1) is 0 Å². The predicted octanol–water partition coefficient (Wildman–Crippen LogP) is 1.11. The Morgan fingerprint density at radius 2 is 1.96 bits per heavy atom. The van der Waals surface area contributed by atoms with E-state index in [4.69, 9.17) is 9.47 Å². The van der Waals surface area contributed by atoms with Crippen LogP contribution in [0.5, 0.6) is 0 Å². The van der Waals surface area contributed by atoms with E-state index in [0.717, 1.165) is 12.8 Å². The second kappa shape index (κ2) is 9.34. The van der Waals surface area contributed by atoms with Crippen LogP contribution in [0.25, 0.3) is 0 Å². The molecule has 1 saturated heterocycles. The van der Waals surface area contributed by atoms with Gasteiger partial charge in [0, 0.05) is 25.9 Å². The molecule has 2 amide bonds. The van der Waals surface area contributed by atoms with Crippen LogP contribution in [0.4, 0.5) is 4.39 Å². The number of halogens is 1. The highest BCUT2D eigenvalue weighted by Crippen LogP contribution is 2.19. The molecule has 1 unspecified atom stereocenters. The molecule has 0 saturated carbocycles. The van der Waals surface area contributed by atoms with E-state index in [-0.39, 0.29) is 18.5 Å². The monoisotopic (exact) mass is 338 g/mol. The van der Waals surface area contributed by atoms with Crippen molar-refractivity contribution in [3.05, 3.63) is 35.6 Å². The Labute approximate surface area is 140 Å². The number of rotatable bonds is 7. The van der Waals surface area contributed by atoms with Crippen molar-refractivity contribution in [2.75, 3.05) is 33.5 Å². The van der Waals surface area contributed by atoms with Crippen LogP contribution >= 0.6 is 0 Å². The maximum atomic E-state index is 12.8. The first-order chi connectivity index (χ1) is 11.6. The van der Waals surface area contributed by atoms with Gasteiger partial charge < -0.3 is 20.1 Å². The third kappa shape index (κ3) is 5.58. The van der Waals surface area contributed by atoms with Crippen LogP contribution in [0, 0.1) is 11.7 Å². The van der Waals surface area contributed by atoms with Gasteiger partial charge in [-0.05, 0) is 43.0 Å². The van der Waals surface area contributed by atoms with E-state index in [1.807, 2.05) is 0 Å². The molecule has 6 nitrogen and oxygen atoms in total. The molecular weight excluding hydrogens is 315 g/mol. The first-order valence-corrected chi connectivity index (χ1v) is 8.00. The lowest BCUT2D eigenvalue weighted by Crippen LogP contribution is -2.48. The second-order valence-electron chi connectivity index (χ2n) is 5.77. The van der Waals surface area contributed by atoms with Crippen molar-refractivity contribution in [3.8, 4) is 0 Å². The smallest absolute Gasteiger partial charge is 0.251 e. The summed E-state index contributed by atoms with van der Waals surface area (Å²) in [4.78, 5) is 24.0. The normalized spacial score (nSPS) is 16.4. The first-order valence-electron chi connectivity index (χ1n) is 8.00. The molecule has 1 aliphatic heterocycles. The van der Waals surface area contributed by atoms with Crippen LogP contribution in [0.1, 0.15) is 23.2 Å². The van der Waals surface area contributed by atoms with E-state index in [0.29, 0.717) is 31.3 Å². The van der Waals surface area contributed by atoms with Crippen molar-refractivity contribution >= 4 is 11.8 Å². The zero-order valence-corrected chi connectivity index (χ0v) is 13.7. The molecule has 0 spiro atoms. The van der Waals surface area contributed by atoms with Crippen LogP contribution in [0.15, 0.2) is 24.3 Å². The molecule has 0 aliphatic carbocycles. The molecule has 2 rings (SSSR count). The summed E-state index contributed by atoms with van der Waals surface area (Å²) in [6.07, 6.45) is 1.74. The van der Waals surface area contributed by atoms with Gasteiger partial charge in [-0.3, -0.25) is 9.59 Å². The van der Waals surface area contributed by atoms with Crippen LogP contribution in [-0.4, -0.2) is 51.3 Å². The number of nitrogens with one attached hydrogen (secondary N) is 2. The fourth-order valence-corrected chi connectivity index (χ4v) is 2.72. The van der Waals surface area contributed by atoms with Crippen molar-refractivity contribution in [1.29, 1.82) is 0 Å². The highest BCUT2D eigenvalue weighted by molar-refractivity contribution is 5.96. The Balaban J connectivity index is 1.81. The summed E-state index contributed by atoms with van der Waals surface area (Å²) in [5.41, 5.74) is 0.307. The molecule has 1 aliphatic rings. The van der Waals surface area contributed by atoms with Gasteiger partial charge in [-0.1, -0.05) is 0 Å². The molecule has 1 fully saturated rings. The quantitative estimate of drug-likeness (QED) is 0.781. The highest BCUT2D eigenvalue weighted by Gasteiger charge is 2.25. The standard InChI is InChI=1S/C17H23FN2O4/c1-23-11-15(12-6-8-24-9-7-12)20-16(21)10-19-17(22)13-2-4-14(18)5-3-13/h2-5,12,15H,6-11H2,1H3,(H,19,22)(H,20,21). The number of methoxy groups -OCH3 is 1. The van der Waals surface area contributed by atoms with Crippen molar-refractivity contribution in [2.45, 2.75) is 18.9 Å². The lowest BCUT2D eigenvalue weighted by atomic mass is 9.92. The molecule has 1 atom stereocenters. The van der Waals surface area contributed by atoms with E-state index < -0.39 is 11.7 Å². The topological polar surface area (TPSA) is 76.7 Å². The Bertz CT molecular complexity index is 544. The Morgan fingerprint density at radius 1 is 1.29 bits per heavy atom. The second-order valence-corrected chi connectivity index (χ2v) is 5.77. The van der Waals surface area contributed by atoms with E-state index in [9.17, 15) is 14.0 Å². The van der Waals surface area contributed by atoms with E-state index >= 15 is 0 Å². The highest BCUT2D eigenvalue weighted by atomic mass is 19.1. The summed E-state index contributed by atoms with van der Waals surface area (Å²) in [7, 11) is 1.59. The Kier molecular flexibility index (Phi) is 7.14. The van der Waals surface area contributed by atoms with Crippen LogP contribution in [-0.2, 0) is 14.3 Å². The zero-order chi connectivity index (χ0) is 17.4. The summed E-state index contributed by atoms with van der Waals surface area (Å²) in [6, 6.07) is 5.05. The number of carbonyl (C=O) groups excluding carboxylic acids is 2. The molecule has 1 aromatic rings. The maximum Gasteiger partial charge on any atom is 0.251 e. The Morgan fingerprint density at radius 3 is 2.58 bits per heavy atom. The first kappa shape index (κ1) is 18.4. The molecule has 24 heavy (non-hydrogen) atoms. The van der Waals surface area contributed by atoms with Gasteiger partial charge in [0.05, 0.1) is 19.2 Å². The molecule has 0 bridgehead atoms. The van der Waals surface area contributed by atoms with Gasteiger partial charge in [0.15, 0.2) is 0 Å². The SMILES string of the molecule is COCC(NC(=O)CNC(=O)c1ccc(F)cc1)C1CCOCC1. The molecule has 1 heterocycles. The number of carbonyl (C=O) groups is 2. The average Bonchev–Trinajstić information content (AvgIpc) is 2.60. The van der Waals surface area contributed by atoms with Crippen molar-refractivity contribution in [2.24, 2.45) is 5.92 Å². The number of benzene rings is 1. The van der Waals surface area contributed by atoms with Crippen LogP contribution in [0.3, 0.4) is 0 Å².